The van der Waals surface area contributed by atoms with E-state index in [2.05, 4.69) is 20.4 Å². The van der Waals surface area contributed by atoms with Gasteiger partial charge in [0, 0.05) is 11.3 Å². The van der Waals surface area contributed by atoms with E-state index in [-0.39, 0.29) is 5.82 Å². The van der Waals surface area contributed by atoms with Crippen LogP contribution in [-0.4, -0.2) is 25.3 Å². The molecular formula is C20H18FN7. The second-order valence-corrected chi connectivity index (χ2v) is 6.78. The molecule has 1 aliphatic rings. The fourth-order valence-corrected chi connectivity index (χ4v) is 3.77. The van der Waals surface area contributed by atoms with E-state index in [9.17, 15) is 4.39 Å². The van der Waals surface area contributed by atoms with Crippen LogP contribution in [0.3, 0.4) is 0 Å². The van der Waals surface area contributed by atoms with E-state index in [4.69, 9.17) is 5.73 Å². The molecular weight excluding hydrogens is 357 g/mol. The third-order valence-electron chi connectivity index (χ3n) is 5.02. The van der Waals surface area contributed by atoms with Gasteiger partial charge in [-0.25, -0.2) is 19.0 Å². The number of hydrogen-bond donors (Lipinski definition) is 2. The Morgan fingerprint density at radius 2 is 1.82 bits per heavy atom. The molecule has 0 saturated heterocycles. The Kier molecular flexibility index (Phi) is 3.48. The zero-order valence-corrected chi connectivity index (χ0v) is 15.4. The molecule has 1 aliphatic heterocycles. The van der Waals surface area contributed by atoms with Gasteiger partial charge in [0.05, 0.1) is 22.4 Å². The van der Waals surface area contributed by atoms with Crippen LogP contribution in [0.5, 0.6) is 0 Å². The number of hydrogen-bond acceptors (Lipinski definition) is 5. The van der Waals surface area contributed by atoms with Crippen LogP contribution in [0, 0.1) is 19.7 Å². The zero-order chi connectivity index (χ0) is 19.4. The van der Waals surface area contributed by atoms with Crippen molar-refractivity contribution in [2.24, 2.45) is 10.7 Å². The van der Waals surface area contributed by atoms with Crippen molar-refractivity contribution in [1.29, 1.82) is 0 Å². The van der Waals surface area contributed by atoms with Crippen molar-refractivity contribution in [2.75, 3.05) is 5.32 Å². The molecule has 2 aromatic carbocycles. The van der Waals surface area contributed by atoms with Crippen LogP contribution in [0.15, 0.2) is 53.5 Å². The molecule has 0 spiro atoms. The first-order chi connectivity index (χ1) is 13.5. The Hall–Kier alpha value is -3.68. The Labute approximate surface area is 160 Å². The summed E-state index contributed by atoms with van der Waals surface area (Å²) in [5.74, 6) is 0.670. The fourth-order valence-electron chi connectivity index (χ4n) is 3.77. The monoisotopic (exact) mass is 375 g/mol. The molecule has 5 rings (SSSR count). The zero-order valence-electron chi connectivity index (χ0n) is 15.4. The van der Waals surface area contributed by atoms with Crippen LogP contribution < -0.4 is 11.1 Å². The summed E-state index contributed by atoms with van der Waals surface area (Å²) in [5.41, 5.74) is 11.3. The molecule has 0 saturated carbocycles. The minimum atomic E-state index is -0.391. The number of anilines is 1. The number of nitrogens with one attached hydrogen (secondary N) is 1. The molecule has 1 unspecified atom stereocenters. The molecule has 2 aromatic heterocycles. The van der Waals surface area contributed by atoms with Gasteiger partial charge in [-0.3, -0.25) is 9.88 Å². The normalized spacial score (nSPS) is 16.0. The topological polar surface area (TPSA) is 86.1 Å². The lowest BCUT2D eigenvalue weighted by Crippen LogP contribution is -2.31. The first kappa shape index (κ1) is 16.5. The number of aromatic nitrogens is 4. The predicted molar refractivity (Wildman–Crippen MR) is 106 cm³/mol. The molecule has 1 atom stereocenters. The summed E-state index contributed by atoms with van der Waals surface area (Å²) in [5, 5.41) is 7.72. The summed E-state index contributed by atoms with van der Waals surface area (Å²) in [6, 6.07) is 14.1. The molecule has 4 aromatic rings. The molecule has 3 N–H and O–H groups in total. The van der Waals surface area contributed by atoms with E-state index in [1.807, 2.05) is 42.7 Å². The molecule has 0 aliphatic carbocycles. The van der Waals surface area contributed by atoms with Crippen LogP contribution in [0.1, 0.15) is 23.1 Å². The summed E-state index contributed by atoms with van der Waals surface area (Å²) in [7, 11) is 0. The van der Waals surface area contributed by atoms with Gasteiger partial charge in [-0.1, -0.05) is 12.1 Å². The lowest BCUT2D eigenvalue weighted by atomic mass is 10.1. The maximum Gasteiger partial charge on any atom is 0.212 e. The number of para-hydroxylation sites is 2. The molecule has 3 heterocycles. The number of benzene rings is 2. The summed E-state index contributed by atoms with van der Waals surface area (Å²) in [4.78, 5) is 9.29. The van der Waals surface area contributed by atoms with Gasteiger partial charge >= 0.3 is 0 Å². The number of nitrogens with two attached hydrogens (primary N) is 1. The number of guanidine groups is 1. The standard InChI is InChI=1S/C20H18FN7/c1-11-17(12(2)28(26-11)14-9-7-13(21)8-10-14)18-24-19(22)25-20-23-15-5-3-4-6-16(15)27(18)20/h3-10,18H,1-2H3,(H3,22,23,24,25). The SMILES string of the molecule is Cc1nn(-c2ccc(F)cc2)c(C)c1C1N=C(N)Nc2nc3ccccc3n21. The molecule has 7 nitrogen and oxygen atoms in total. The molecule has 0 fully saturated rings. The Morgan fingerprint density at radius 3 is 2.61 bits per heavy atom. The van der Waals surface area contributed by atoms with Gasteiger partial charge in [0.15, 0.2) is 12.1 Å². The summed E-state index contributed by atoms with van der Waals surface area (Å²) in [6.07, 6.45) is -0.391. The smallest absolute Gasteiger partial charge is 0.212 e. The molecule has 0 bridgehead atoms. The van der Waals surface area contributed by atoms with Crippen LogP contribution in [-0.2, 0) is 0 Å². The van der Waals surface area contributed by atoms with E-state index in [1.54, 1.807) is 16.8 Å². The number of fused-ring (bicyclic) bond motifs is 3. The van der Waals surface area contributed by atoms with Crippen LogP contribution in [0.2, 0.25) is 0 Å². The van der Waals surface area contributed by atoms with Crippen molar-refractivity contribution < 1.29 is 4.39 Å². The number of nitrogens with zero attached hydrogens (tertiary/aromatic N) is 5. The third kappa shape index (κ3) is 2.38. The highest BCUT2D eigenvalue weighted by Crippen LogP contribution is 2.35. The van der Waals surface area contributed by atoms with Crippen LogP contribution >= 0.6 is 0 Å². The van der Waals surface area contributed by atoms with Crippen LogP contribution in [0.25, 0.3) is 16.7 Å². The minimum Gasteiger partial charge on any atom is -0.370 e. The van der Waals surface area contributed by atoms with Gasteiger partial charge in [0.1, 0.15) is 5.82 Å². The second kappa shape index (κ2) is 5.91. The predicted octanol–water partition coefficient (Wildman–Crippen LogP) is 3.27. The molecule has 28 heavy (non-hydrogen) atoms. The molecule has 0 radical (unpaired) electrons. The quantitative estimate of drug-likeness (QED) is 0.563. The van der Waals surface area contributed by atoms with E-state index < -0.39 is 6.17 Å². The van der Waals surface area contributed by atoms with Crippen molar-refractivity contribution >= 4 is 22.9 Å². The number of imidazole rings is 1. The first-order valence-electron chi connectivity index (χ1n) is 8.92. The molecule has 140 valence electrons. The van der Waals surface area contributed by atoms with Gasteiger partial charge in [-0.2, -0.15) is 5.10 Å². The summed E-state index contributed by atoms with van der Waals surface area (Å²) >= 11 is 0. The lowest BCUT2D eigenvalue weighted by Gasteiger charge is -2.24. The number of rotatable bonds is 2. The van der Waals surface area contributed by atoms with E-state index >= 15 is 0 Å². The minimum absolute atomic E-state index is 0.282. The van der Waals surface area contributed by atoms with Crippen LogP contribution in [0.4, 0.5) is 10.3 Å². The average Bonchev–Trinajstić information content (AvgIpc) is 3.18. The van der Waals surface area contributed by atoms with Gasteiger partial charge < -0.3 is 5.73 Å². The molecule has 8 heteroatoms. The maximum atomic E-state index is 13.3. The Bertz CT molecular complexity index is 1230. The van der Waals surface area contributed by atoms with Gasteiger partial charge in [0.2, 0.25) is 5.95 Å². The lowest BCUT2D eigenvalue weighted by molar-refractivity contribution is 0.618. The molecule has 0 amide bonds. The van der Waals surface area contributed by atoms with Crippen molar-refractivity contribution in [2.45, 2.75) is 20.0 Å². The van der Waals surface area contributed by atoms with Gasteiger partial charge in [-0.05, 0) is 50.2 Å². The summed E-state index contributed by atoms with van der Waals surface area (Å²) in [6.45, 7) is 3.92. The summed E-state index contributed by atoms with van der Waals surface area (Å²) < 4.78 is 17.1. The highest BCUT2D eigenvalue weighted by atomic mass is 19.1. The first-order valence-corrected chi connectivity index (χ1v) is 8.92. The van der Waals surface area contributed by atoms with Crippen molar-refractivity contribution in [3.8, 4) is 5.69 Å². The highest BCUT2D eigenvalue weighted by molar-refractivity contribution is 5.94. The Morgan fingerprint density at radius 1 is 1.07 bits per heavy atom. The largest absolute Gasteiger partial charge is 0.370 e. The fraction of sp³-hybridized carbons (Fsp3) is 0.150. The van der Waals surface area contributed by atoms with Gasteiger partial charge in [-0.15, -0.1) is 0 Å². The van der Waals surface area contributed by atoms with E-state index in [1.165, 1.54) is 12.1 Å². The van der Waals surface area contributed by atoms with Crippen molar-refractivity contribution in [3.05, 3.63) is 71.3 Å². The number of halogens is 1. The number of aliphatic imine (C=N–C) groups is 1. The number of aryl methyl sites for hydroxylation is 1. The van der Waals surface area contributed by atoms with E-state index in [0.29, 0.717) is 11.9 Å². The highest BCUT2D eigenvalue weighted by Gasteiger charge is 2.29. The maximum absolute atomic E-state index is 13.3. The third-order valence-corrected chi connectivity index (χ3v) is 5.02. The van der Waals surface area contributed by atoms with E-state index in [0.717, 1.165) is 33.7 Å². The van der Waals surface area contributed by atoms with Crippen molar-refractivity contribution in [1.82, 2.24) is 19.3 Å². The van der Waals surface area contributed by atoms with Crippen molar-refractivity contribution in [3.63, 3.8) is 0 Å². The van der Waals surface area contributed by atoms with Gasteiger partial charge in [0.25, 0.3) is 0 Å². The second-order valence-electron chi connectivity index (χ2n) is 6.78. The Balaban J connectivity index is 1.72. The average molecular weight is 375 g/mol.